The van der Waals surface area contributed by atoms with Gasteiger partial charge >= 0.3 is 5.97 Å². The van der Waals surface area contributed by atoms with Crippen LogP contribution in [-0.2, 0) is 14.3 Å². The summed E-state index contributed by atoms with van der Waals surface area (Å²) in [6, 6.07) is 7.79. The van der Waals surface area contributed by atoms with Crippen molar-refractivity contribution in [3.05, 3.63) is 72.5 Å². The minimum Gasteiger partial charge on any atom is -0.498 e. The highest BCUT2D eigenvalue weighted by Gasteiger charge is 2.48. The molecule has 0 aliphatic carbocycles. The number of allylic oxidation sites excluding steroid dienone is 3. The van der Waals surface area contributed by atoms with Crippen LogP contribution in [0, 0.1) is 22.2 Å². The van der Waals surface area contributed by atoms with Crippen LogP contribution in [0.1, 0.15) is 119 Å². The lowest BCUT2D eigenvalue weighted by Crippen LogP contribution is -2.42. The number of unbranched alkanes of at least 4 members (excludes halogenated alkanes) is 5. The monoisotopic (exact) mass is 594 g/mol. The predicted octanol–water partition coefficient (Wildman–Crippen LogP) is 11.1. The topological polar surface area (TPSA) is 44.8 Å². The van der Waals surface area contributed by atoms with Crippen molar-refractivity contribution in [3.8, 4) is 5.75 Å². The second-order valence-electron chi connectivity index (χ2n) is 14.1. The van der Waals surface area contributed by atoms with Gasteiger partial charge in [-0.15, -0.1) is 0 Å². The van der Waals surface area contributed by atoms with Crippen LogP contribution in [0.15, 0.2) is 67.0 Å². The van der Waals surface area contributed by atoms with Gasteiger partial charge in [0, 0.05) is 11.5 Å². The summed E-state index contributed by atoms with van der Waals surface area (Å²) in [4.78, 5) is 11.8. The van der Waals surface area contributed by atoms with Gasteiger partial charge in [-0.1, -0.05) is 117 Å². The molecule has 1 unspecified atom stereocenters. The Bertz CT molecular complexity index is 1060. The van der Waals surface area contributed by atoms with Crippen molar-refractivity contribution in [1.29, 1.82) is 0 Å². The van der Waals surface area contributed by atoms with E-state index in [9.17, 15) is 4.79 Å². The maximum Gasteiger partial charge on any atom is 0.330 e. The molecule has 242 valence electrons. The Balaban J connectivity index is 2.32. The zero-order valence-electron chi connectivity index (χ0n) is 29.1. The summed E-state index contributed by atoms with van der Waals surface area (Å²) in [7, 11) is 0. The third-order valence-corrected chi connectivity index (χ3v) is 9.33. The van der Waals surface area contributed by atoms with Crippen molar-refractivity contribution >= 4 is 12.0 Å². The minimum absolute atomic E-state index is 0.0256. The van der Waals surface area contributed by atoms with E-state index in [1.807, 2.05) is 24.3 Å². The van der Waals surface area contributed by atoms with E-state index in [2.05, 4.69) is 82.1 Å². The van der Waals surface area contributed by atoms with E-state index in [1.54, 1.807) is 6.08 Å². The molecule has 0 aliphatic rings. The zero-order chi connectivity index (χ0) is 32.7. The molecule has 0 bridgehead atoms. The number of ether oxygens (including phenoxy) is 3. The molecule has 0 spiro atoms. The van der Waals surface area contributed by atoms with Crippen LogP contribution in [0.3, 0.4) is 0 Å². The summed E-state index contributed by atoms with van der Waals surface area (Å²) in [5.41, 5.74) is 2.83. The van der Waals surface area contributed by atoms with Gasteiger partial charge in [-0.2, -0.15) is 0 Å². The average molecular weight is 595 g/mol. The first-order valence-corrected chi connectivity index (χ1v) is 16.2. The number of benzene rings is 1. The SMILES string of the molecule is C=C(C)C(C)(C)CC(C)(C(=C)OCCCCCCCCOc1ccc(/C=C/C(=O)OCCC(C)C)cc1)C(C)(C)C(=C)C. The zero-order valence-corrected chi connectivity index (χ0v) is 29.1. The van der Waals surface area contributed by atoms with E-state index in [4.69, 9.17) is 14.2 Å². The maximum atomic E-state index is 11.8. The van der Waals surface area contributed by atoms with Gasteiger partial charge in [0.25, 0.3) is 0 Å². The van der Waals surface area contributed by atoms with Crippen LogP contribution >= 0.6 is 0 Å². The number of rotatable bonds is 22. The summed E-state index contributed by atoms with van der Waals surface area (Å²) in [6.07, 6.45) is 11.8. The average Bonchev–Trinajstić information content (AvgIpc) is 2.92. The van der Waals surface area contributed by atoms with Crippen molar-refractivity contribution in [2.75, 3.05) is 19.8 Å². The van der Waals surface area contributed by atoms with Crippen LogP contribution in [-0.4, -0.2) is 25.8 Å². The van der Waals surface area contributed by atoms with Crippen molar-refractivity contribution in [2.45, 2.75) is 114 Å². The fraction of sp³-hybridized carbons (Fsp3) is 0.615. The van der Waals surface area contributed by atoms with E-state index in [0.717, 1.165) is 61.2 Å². The number of hydrogen-bond acceptors (Lipinski definition) is 4. The highest BCUT2D eigenvalue weighted by atomic mass is 16.5. The Morgan fingerprint density at radius 2 is 1.35 bits per heavy atom. The standard InChI is InChI=1S/C39H62O4/c1-30(2)25-28-43-36(40)24-21-34-19-22-35(23-20-34)42-27-18-16-14-13-15-17-26-41-33(7)39(12,38(10,11)32(5)6)29-37(8,9)31(3)4/h19-24,30H,3,5,7,13-18,25-29H2,1-2,4,6,8-12H3/b24-21+. The molecular weight excluding hydrogens is 532 g/mol. The molecule has 4 heteroatoms. The van der Waals surface area contributed by atoms with Crippen LogP contribution < -0.4 is 4.74 Å². The fourth-order valence-electron chi connectivity index (χ4n) is 4.91. The van der Waals surface area contributed by atoms with Gasteiger partial charge in [0.2, 0.25) is 0 Å². The summed E-state index contributed by atoms with van der Waals surface area (Å²) in [5.74, 6) is 1.93. The summed E-state index contributed by atoms with van der Waals surface area (Å²) >= 11 is 0. The molecule has 0 amide bonds. The van der Waals surface area contributed by atoms with Gasteiger partial charge in [-0.05, 0) is 80.1 Å². The quantitative estimate of drug-likeness (QED) is 0.0440. The van der Waals surface area contributed by atoms with E-state index >= 15 is 0 Å². The molecule has 0 aliphatic heterocycles. The molecule has 43 heavy (non-hydrogen) atoms. The first kappa shape index (κ1) is 38.3. The van der Waals surface area contributed by atoms with Crippen molar-refractivity contribution < 1.29 is 19.0 Å². The lowest BCUT2D eigenvalue weighted by Gasteiger charge is -2.49. The predicted molar refractivity (Wildman–Crippen MR) is 184 cm³/mol. The molecule has 0 aromatic heterocycles. The second-order valence-corrected chi connectivity index (χ2v) is 14.1. The van der Waals surface area contributed by atoms with Gasteiger partial charge < -0.3 is 14.2 Å². The molecule has 0 heterocycles. The lowest BCUT2D eigenvalue weighted by atomic mass is 9.56. The molecule has 1 aromatic carbocycles. The van der Waals surface area contributed by atoms with E-state index in [0.29, 0.717) is 25.7 Å². The van der Waals surface area contributed by atoms with Crippen molar-refractivity contribution in [2.24, 2.45) is 22.2 Å². The van der Waals surface area contributed by atoms with E-state index in [-0.39, 0.29) is 22.2 Å². The first-order chi connectivity index (χ1) is 20.0. The van der Waals surface area contributed by atoms with Crippen molar-refractivity contribution in [1.82, 2.24) is 0 Å². The molecule has 0 N–H and O–H groups in total. The molecule has 1 atom stereocenters. The number of esters is 1. The summed E-state index contributed by atoms with van der Waals surface area (Å²) in [5, 5.41) is 0. The van der Waals surface area contributed by atoms with Crippen molar-refractivity contribution in [3.63, 3.8) is 0 Å². The van der Waals surface area contributed by atoms with Gasteiger partial charge in [0.1, 0.15) is 5.75 Å². The van der Waals surface area contributed by atoms with Crippen LogP contribution in [0.2, 0.25) is 0 Å². The Hall–Kier alpha value is -2.75. The first-order valence-electron chi connectivity index (χ1n) is 16.2. The summed E-state index contributed by atoms with van der Waals surface area (Å²) in [6.45, 7) is 34.6. The summed E-state index contributed by atoms with van der Waals surface area (Å²) < 4.78 is 17.4. The number of carbonyl (C=O) groups is 1. The van der Waals surface area contributed by atoms with Crippen LogP contribution in [0.4, 0.5) is 0 Å². The molecule has 1 rings (SSSR count). The van der Waals surface area contributed by atoms with Gasteiger partial charge in [-0.25, -0.2) is 4.79 Å². The highest BCUT2D eigenvalue weighted by Crippen LogP contribution is 2.55. The highest BCUT2D eigenvalue weighted by molar-refractivity contribution is 5.87. The number of carbonyl (C=O) groups excluding carboxylic acids is 1. The fourth-order valence-corrected chi connectivity index (χ4v) is 4.91. The van der Waals surface area contributed by atoms with Gasteiger partial charge in [0.05, 0.1) is 25.6 Å². The maximum absolute atomic E-state index is 11.8. The van der Waals surface area contributed by atoms with E-state index in [1.165, 1.54) is 24.5 Å². The van der Waals surface area contributed by atoms with Crippen LogP contribution in [0.25, 0.3) is 6.08 Å². The minimum atomic E-state index is -0.303. The van der Waals surface area contributed by atoms with Gasteiger partial charge in [0.15, 0.2) is 0 Å². The van der Waals surface area contributed by atoms with Crippen LogP contribution in [0.5, 0.6) is 5.75 Å². The molecule has 0 fully saturated rings. The molecule has 0 saturated carbocycles. The Labute approximate surface area is 264 Å². The second kappa shape index (κ2) is 18.1. The smallest absolute Gasteiger partial charge is 0.330 e. The third kappa shape index (κ3) is 13.2. The lowest BCUT2D eigenvalue weighted by molar-refractivity contribution is -0.137. The molecule has 1 aromatic rings. The Morgan fingerprint density at radius 1 is 0.791 bits per heavy atom. The molecule has 4 nitrogen and oxygen atoms in total. The Kier molecular flexibility index (Phi) is 16.2. The Morgan fingerprint density at radius 3 is 1.88 bits per heavy atom. The van der Waals surface area contributed by atoms with E-state index < -0.39 is 0 Å². The molecule has 0 radical (unpaired) electrons. The molecular formula is C39H62O4. The third-order valence-electron chi connectivity index (χ3n) is 9.33. The van der Waals surface area contributed by atoms with Gasteiger partial charge in [-0.3, -0.25) is 0 Å². The normalized spacial score (nSPS) is 13.5. The largest absolute Gasteiger partial charge is 0.498 e. The number of hydrogen-bond donors (Lipinski definition) is 0. The molecule has 0 saturated heterocycles.